The van der Waals surface area contributed by atoms with E-state index >= 15 is 0 Å². The molecular formula is C17H14Cl2F3N3O2. The van der Waals surface area contributed by atoms with Gasteiger partial charge in [0.1, 0.15) is 0 Å². The summed E-state index contributed by atoms with van der Waals surface area (Å²) < 4.78 is 40.5. The average Bonchev–Trinajstić information content (AvgIpc) is 2.94. The number of aromatic nitrogens is 2. The molecule has 0 unspecified atom stereocenters. The van der Waals surface area contributed by atoms with Gasteiger partial charge in [0.05, 0.1) is 28.6 Å². The smallest absolute Gasteiger partial charge is 0.390 e. The molecule has 5 nitrogen and oxygen atoms in total. The van der Waals surface area contributed by atoms with Gasteiger partial charge in [0.25, 0.3) is 5.91 Å². The molecule has 0 fully saturated rings. The summed E-state index contributed by atoms with van der Waals surface area (Å²) in [6.07, 6.45) is -3.40. The van der Waals surface area contributed by atoms with E-state index in [0.29, 0.717) is 5.56 Å². The van der Waals surface area contributed by atoms with Crippen molar-refractivity contribution < 1.29 is 23.1 Å². The number of aliphatic hydroxyl groups is 1. The molecule has 0 aliphatic heterocycles. The van der Waals surface area contributed by atoms with E-state index in [2.05, 4.69) is 10.3 Å². The number of imidazole rings is 1. The molecular weight excluding hydrogens is 406 g/mol. The van der Waals surface area contributed by atoms with E-state index in [1.54, 1.807) is 25.1 Å². The molecule has 0 aliphatic rings. The minimum Gasteiger partial charge on any atom is -0.390 e. The van der Waals surface area contributed by atoms with E-state index in [1.807, 2.05) is 0 Å². The predicted molar refractivity (Wildman–Crippen MR) is 97.5 cm³/mol. The van der Waals surface area contributed by atoms with Crippen LogP contribution < -0.4 is 5.32 Å². The summed E-state index contributed by atoms with van der Waals surface area (Å²) >= 11 is 6.06. The topological polar surface area (TPSA) is 66.6 Å². The number of rotatable bonds is 3. The van der Waals surface area contributed by atoms with Crippen LogP contribution in [0.4, 0.5) is 18.9 Å². The van der Waals surface area contributed by atoms with Crippen molar-refractivity contribution in [3.63, 3.8) is 0 Å². The highest BCUT2D eigenvalue weighted by Crippen LogP contribution is 2.33. The van der Waals surface area contributed by atoms with Gasteiger partial charge in [-0.15, -0.1) is 12.4 Å². The molecule has 2 aromatic heterocycles. The molecule has 0 radical (unpaired) electrons. The molecule has 2 N–H and O–H groups in total. The maximum atomic E-state index is 13.1. The Labute approximate surface area is 163 Å². The van der Waals surface area contributed by atoms with Crippen LogP contribution in [0.25, 0.3) is 5.65 Å². The van der Waals surface area contributed by atoms with E-state index < -0.39 is 30.1 Å². The zero-order valence-corrected chi connectivity index (χ0v) is 15.4. The van der Waals surface area contributed by atoms with E-state index in [0.717, 1.165) is 4.40 Å². The second kappa shape index (κ2) is 7.75. The molecule has 144 valence electrons. The third kappa shape index (κ3) is 3.87. The van der Waals surface area contributed by atoms with Crippen LogP contribution in [0.5, 0.6) is 0 Å². The number of alkyl halides is 3. The minimum absolute atomic E-state index is 0. The van der Waals surface area contributed by atoms with Crippen molar-refractivity contribution in [1.29, 1.82) is 0 Å². The minimum atomic E-state index is -4.73. The zero-order valence-electron chi connectivity index (χ0n) is 13.8. The molecule has 0 aliphatic carbocycles. The summed E-state index contributed by atoms with van der Waals surface area (Å²) in [6, 6.07) is 7.80. The molecule has 1 aromatic carbocycles. The van der Waals surface area contributed by atoms with Crippen LogP contribution in [0.2, 0.25) is 5.02 Å². The summed E-state index contributed by atoms with van der Waals surface area (Å²) in [6.45, 7) is 0.847. The van der Waals surface area contributed by atoms with Gasteiger partial charge in [-0.3, -0.25) is 9.20 Å². The number of aryl methyl sites for hydroxylation is 1. The molecule has 0 saturated carbocycles. The van der Waals surface area contributed by atoms with Gasteiger partial charge < -0.3 is 10.4 Å². The molecule has 0 spiro atoms. The maximum absolute atomic E-state index is 13.1. The number of hydrogen-bond acceptors (Lipinski definition) is 3. The lowest BCUT2D eigenvalue weighted by Crippen LogP contribution is -2.15. The molecule has 0 atom stereocenters. The molecule has 3 rings (SSSR count). The number of nitrogens with zero attached hydrogens (tertiary/aromatic N) is 2. The lowest BCUT2D eigenvalue weighted by molar-refractivity contribution is -0.142. The standard InChI is InChI=1S/C17H13ClF3N3O2.ClH/c1-9-4-2-5-10(18)13(9)16(26)22-11-6-3-7-24-12(8-25)14(17(19,20)21)23-15(11)24;/h2-7,25H,8H2,1H3,(H,22,26);1H. The summed E-state index contributed by atoms with van der Waals surface area (Å²) in [5, 5.41) is 12.1. The number of amides is 1. The Morgan fingerprint density at radius 3 is 2.59 bits per heavy atom. The van der Waals surface area contributed by atoms with Gasteiger partial charge in [-0.05, 0) is 30.7 Å². The van der Waals surface area contributed by atoms with Crippen molar-refractivity contribution in [1.82, 2.24) is 9.38 Å². The highest BCUT2D eigenvalue weighted by atomic mass is 35.5. The second-order valence-electron chi connectivity index (χ2n) is 5.56. The van der Waals surface area contributed by atoms with E-state index in [1.165, 1.54) is 18.3 Å². The van der Waals surface area contributed by atoms with E-state index in [9.17, 15) is 23.1 Å². The van der Waals surface area contributed by atoms with E-state index in [4.69, 9.17) is 11.6 Å². The first-order valence-electron chi connectivity index (χ1n) is 7.48. The third-order valence-electron chi connectivity index (χ3n) is 3.86. The summed E-state index contributed by atoms with van der Waals surface area (Å²) in [4.78, 5) is 16.1. The Morgan fingerprint density at radius 1 is 1.30 bits per heavy atom. The second-order valence-corrected chi connectivity index (χ2v) is 5.97. The number of halogens is 5. The van der Waals surface area contributed by atoms with Crippen LogP contribution >= 0.6 is 24.0 Å². The summed E-state index contributed by atoms with van der Waals surface area (Å²) in [5.41, 5.74) is -0.810. The monoisotopic (exact) mass is 419 g/mol. The fourth-order valence-electron chi connectivity index (χ4n) is 2.70. The first kappa shape index (κ1) is 21.0. The van der Waals surface area contributed by atoms with Gasteiger partial charge in [-0.25, -0.2) is 4.98 Å². The highest BCUT2D eigenvalue weighted by Gasteiger charge is 2.38. The van der Waals surface area contributed by atoms with E-state index in [-0.39, 0.29) is 34.3 Å². The third-order valence-corrected chi connectivity index (χ3v) is 4.18. The fourth-order valence-corrected chi connectivity index (χ4v) is 3.00. The zero-order chi connectivity index (χ0) is 19.1. The van der Waals surface area contributed by atoms with Gasteiger partial charge in [0.2, 0.25) is 0 Å². The van der Waals surface area contributed by atoms with Crippen LogP contribution in [-0.2, 0) is 12.8 Å². The van der Waals surface area contributed by atoms with Crippen LogP contribution in [0, 0.1) is 6.92 Å². The van der Waals surface area contributed by atoms with Crippen LogP contribution in [0.15, 0.2) is 36.5 Å². The molecule has 3 aromatic rings. The Balaban J connectivity index is 0.00000261. The van der Waals surface area contributed by atoms with Gasteiger partial charge in [-0.2, -0.15) is 13.2 Å². The SMILES string of the molecule is Cc1cccc(Cl)c1C(=O)Nc1cccn2c(CO)c(C(F)(F)F)nc12.Cl. The van der Waals surface area contributed by atoms with Crippen LogP contribution in [-0.4, -0.2) is 20.4 Å². The number of aliphatic hydroxyl groups excluding tert-OH is 1. The average molecular weight is 420 g/mol. The summed E-state index contributed by atoms with van der Waals surface area (Å²) in [7, 11) is 0. The lowest BCUT2D eigenvalue weighted by Gasteiger charge is -2.10. The first-order valence-corrected chi connectivity index (χ1v) is 7.86. The fraction of sp³-hybridized carbons (Fsp3) is 0.176. The number of carbonyl (C=O) groups is 1. The van der Waals surface area contributed by atoms with Crippen LogP contribution in [0.3, 0.4) is 0 Å². The van der Waals surface area contributed by atoms with Gasteiger partial charge in [0.15, 0.2) is 11.3 Å². The number of carbonyl (C=O) groups excluding carboxylic acids is 1. The van der Waals surface area contributed by atoms with Crippen molar-refractivity contribution in [2.45, 2.75) is 19.7 Å². The van der Waals surface area contributed by atoms with Gasteiger partial charge in [-0.1, -0.05) is 23.7 Å². The van der Waals surface area contributed by atoms with Gasteiger partial charge >= 0.3 is 6.18 Å². The summed E-state index contributed by atoms with van der Waals surface area (Å²) in [5.74, 6) is -0.566. The highest BCUT2D eigenvalue weighted by molar-refractivity contribution is 6.34. The molecule has 1 amide bonds. The number of pyridine rings is 1. The van der Waals surface area contributed by atoms with Crippen molar-refractivity contribution in [3.8, 4) is 0 Å². The number of benzene rings is 1. The lowest BCUT2D eigenvalue weighted by atomic mass is 10.1. The molecule has 2 heterocycles. The Hall–Kier alpha value is -2.29. The molecule has 0 saturated heterocycles. The van der Waals surface area contributed by atoms with Crippen LogP contribution in [0.1, 0.15) is 27.3 Å². The Bertz CT molecular complexity index is 983. The maximum Gasteiger partial charge on any atom is 0.435 e. The largest absolute Gasteiger partial charge is 0.435 e. The normalized spacial score (nSPS) is 11.3. The van der Waals surface area contributed by atoms with Crippen molar-refractivity contribution >= 4 is 41.2 Å². The predicted octanol–water partition coefficient (Wildman–Crippen LogP) is 4.48. The molecule has 27 heavy (non-hydrogen) atoms. The Morgan fingerprint density at radius 2 is 2.00 bits per heavy atom. The number of fused-ring (bicyclic) bond motifs is 1. The van der Waals surface area contributed by atoms with Crippen molar-refractivity contribution in [2.75, 3.05) is 5.32 Å². The van der Waals surface area contributed by atoms with Crippen molar-refractivity contribution in [3.05, 3.63) is 64.1 Å². The number of anilines is 1. The molecule has 10 heteroatoms. The van der Waals surface area contributed by atoms with Gasteiger partial charge in [0, 0.05) is 6.20 Å². The molecule has 0 bridgehead atoms. The first-order chi connectivity index (χ1) is 12.2. The number of hydrogen-bond donors (Lipinski definition) is 2. The quantitative estimate of drug-likeness (QED) is 0.657. The Kier molecular flexibility index (Phi) is 6.04. The van der Waals surface area contributed by atoms with Crippen molar-refractivity contribution in [2.24, 2.45) is 0 Å². The number of nitrogens with one attached hydrogen (secondary N) is 1.